The van der Waals surface area contributed by atoms with E-state index in [1.165, 1.54) is 42.3 Å². The molecule has 1 amide bonds. The largest absolute Gasteiger partial charge is 0.337 e. The molecule has 0 aliphatic carbocycles. The summed E-state index contributed by atoms with van der Waals surface area (Å²) >= 11 is 0. The normalized spacial score (nSPS) is 11.6. The van der Waals surface area contributed by atoms with E-state index in [4.69, 9.17) is 0 Å². The summed E-state index contributed by atoms with van der Waals surface area (Å²) in [6.07, 6.45) is 0. The lowest BCUT2D eigenvalue weighted by molar-refractivity contribution is 0.0783. The number of carbonyl (C=O) groups is 1. The highest BCUT2D eigenvalue weighted by atomic mass is 32.2. The molecular formula is C18H19F2NO3S. The van der Waals surface area contributed by atoms with Crippen molar-refractivity contribution in [2.75, 3.05) is 7.05 Å². The Balaban J connectivity index is 2.17. The second-order valence-corrected chi connectivity index (χ2v) is 8.52. The Kier molecular flexibility index (Phi) is 5.57. The van der Waals surface area contributed by atoms with Gasteiger partial charge in [0.05, 0.1) is 10.1 Å². The molecule has 0 atom stereocenters. The number of rotatable bonds is 5. The topological polar surface area (TPSA) is 54.5 Å². The summed E-state index contributed by atoms with van der Waals surface area (Å²) in [6.45, 7) is 3.13. The van der Waals surface area contributed by atoms with E-state index in [2.05, 4.69) is 0 Å². The Labute approximate surface area is 146 Å². The van der Waals surface area contributed by atoms with Crippen LogP contribution in [-0.2, 0) is 16.4 Å². The Morgan fingerprint density at radius 1 is 1.08 bits per heavy atom. The monoisotopic (exact) mass is 367 g/mol. The molecule has 2 aromatic rings. The highest BCUT2D eigenvalue weighted by molar-refractivity contribution is 7.92. The van der Waals surface area contributed by atoms with E-state index >= 15 is 0 Å². The van der Waals surface area contributed by atoms with Crippen LogP contribution in [0.3, 0.4) is 0 Å². The van der Waals surface area contributed by atoms with E-state index in [1.54, 1.807) is 13.8 Å². The zero-order chi connectivity index (χ0) is 18.8. The van der Waals surface area contributed by atoms with Crippen LogP contribution < -0.4 is 0 Å². The summed E-state index contributed by atoms with van der Waals surface area (Å²) in [4.78, 5) is 13.8. The molecule has 2 rings (SSSR count). The van der Waals surface area contributed by atoms with Gasteiger partial charge in [-0.2, -0.15) is 0 Å². The predicted molar refractivity (Wildman–Crippen MR) is 90.9 cm³/mol. The van der Waals surface area contributed by atoms with Gasteiger partial charge in [-0.05, 0) is 44.2 Å². The summed E-state index contributed by atoms with van der Waals surface area (Å²) in [6, 6.07) is 8.79. The van der Waals surface area contributed by atoms with Gasteiger partial charge in [0.2, 0.25) is 0 Å². The minimum atomic E-state index is -3.41. The lowest BCUT2D eigenvalue weighted by atomic mass is 10.1. The van der Waals surface area contributed by atoms with Gasteiger partial charge >= 0.3 is 0 Å². The SMILES string of the molecule is CC(C)S(=O)(=O)c1ccc(C(=O)N(C)Cc2ccc(F)cc2F)cc1. The van der Waals surface area contributed by atoms with Crippen molar-refractivity contribution >= 4 is 15.7 Å². The molecule has 0 saturated carbocycles. The molecule has 2 aromatic carbocycles. The third kappa shape index (κ3) is 4.22. The minimum absolute atomic E-state index is 0.0308. The predicted octanol–water partition coefficient (Wildman–Crippen LogP) is 3.42. The van der Waals surface area contributed by atoms with E-state index < -0.39 is 32.6 Å². The second kappa shape index (κ2) is 7.31. The van der Waals surface area contributed by atoms with Crippen LogP contribution in [0.4, 0.5) is 8.78 Å². The molecular weight excluding hydrogens is 348 g/mol. The second-order valence-electron chi connectivity index (χ2n) is 6.02. The van der Waals surface area contributed by atoms with Gasteiger partial charge in [-0.15, -0.1) is 0 Å². The first-order valence-corrected chi connectivity index (χ1v) is 9.21. The standard InChI is InChI=1S/C18H19F2NO3S/c1-12(2)25(23,24)16-8-5-13(6-9-16)18(22)21(3)11-14-4-7-15(19)10-17(14)20/h4-10,12H,11H2,1-3H3. The highest BCUT2D eigenvalue weighted by Crippen LogP contribution is 2.18. The fourth-order valence-electron chi connectivity index (χ4n) is 2.26. The first kappa shape index (κ1) is 19.1. The van der Waals surface area contributed by atoms with E-state index in [9.17, 15) is 22.0 Å². The average Bonchev–Trinajstić information content (AvgIpc) is 2.56. The van der Waals surface area contributed by atoms with Crippen LogP contribution in [0.5, 0.6) is 0 Å². The summed E-state index contributed by atoms with van der Waals surface area (Å²) < 4.78 is 50.8. The Hall–Kier alpha value is -2.28. The average molecular weight is 367 g/mol. The summed E-state index contributed by atoms with van der Waals surface area (Å²) in [5, 5.41) is -0.557. The van der Waals surface area contributed by atoms with Crippen molar-refractivity contribution < 1.29 is 22.0 Å². The number of halogens is 2. The maximum absolute atomic E-state index is 13.7. The van der Waals surface area contributed by atoms with Crippen LogP contribution in [0.25, 0.3) is 0 Å². The Morgan fingerprint density at radius 2 is 1.68 bits per heavy atom. The van der Waals surface area contributed by atoms with Gasteiger partial charge in [-0.25, -0.2) is 17.2 Å². The van der Waals surface area contributed by atoms with Crippen LogP contribution in [0.2, 0.25) is 0 Å². The smallest absolute Gasteiger partial charge is 0.253 e. The number of sulfone groups is 1. The first-order chi connectivity index (χ1) is 11.6. The van der Waals surface area contributed by atoms with Crippen LogP contribution in [0.15, 0.2) is 47.4 Å². The van der Waals surface area contributed by atoms with Crippen molar-refractivity contribution in [3.8, 4) is 0 Å². The van der Waals surface area contributed by atoms with Gasteiger partial charge < -0.3 is 4.90 Å². The zero-order valence-electron chi connectivity index (χ0n) is 14.2. The third-order valence-electron chi connectivity index (χ3n) is 3.82. The van der Waals surface area contributed by atoms with Crippen molar-refractivity contribution in [1.29, 1.82) is 0 Å². The number of amides is 1. The molecule has 0 N–H and O–H groups in total. The Morgan fingerprint density at radius 3 is 2.20 bits per heavy atom. The van der Waals surface area contributed by atoms with Gasteiger partial charge in [0.25, 0.3) is 5.91 Å². The molecule has 25 heavy (non-hydrogen) atoms. The summed E-state index contributed by atoms with van der Waals surface area (Å²) in [7, 11) is -1.92. The van der Waals surface area contributed by atoms with Gasteiger partial charge in [0, 0.05) is 30.8 Å². The molecule has 134 valence electrons. The Bertz CT molecular complexity index is 878. The summed E-state index contributed by atoms with van der Waals surface area (Å²) in [5.41, 5.74) is 0.476. The van der Waals surface area contributed by atoms with Gasteiger partial charge in [-0.3, -0.25) is 4.79 Å². The fourth-order valence-corrected chi connectivity index (χ4v) is 3.32. The molecule has 0 aromatic heterocycles. The molecule has 0 fully saturated rings. The van der Waals surface area contributed by atoms with Gasteiger partial charge in [-0.1, -0.05) is 6.07 Å². The number of hydrogen-bond acceptors (Lipinski definition) is 3. The molecule has 0 unspecified atom stereocenters. The zero-order valence-corrected chi connectivity index (χ0v) is 15.0. The van der Waals surface area contributed by atoms with E-state index in [-0.39, 0.29) is 22.6 Å². The molecule has 0 aliphatic rings. The molecule has 0 spiro atoms. The van der Waals surface area contributed by atoms with Crippen molar-refractivity contribution in [2.45, 2.75) is 30.5 Å². The molecule has 4 nitrogen and oxygen atoms in total. The number of carbonyl (C=O) groups excluding carboxylic acids is 1. The van der Waals surface area contributed by atoms with Crippen molar-refractivity contribution in [3.63, 3.8) is 0 Å². The van der Waals surface area contributed by atoms with Crippen molar-refractivity contribution in [1.82, 2.24) is 4.90 Å². The van der Waals surface area contributed by atoms with Crippen molar-refractivity contribution in [3.05, 3.63) is 65.2 Å². The summed E-state index contributed by atoms with van der Waals surface area (Å²) in [5.74, 6) is -1.80. The molecule has 0 bridgehead atoms. The molecule has 7 heteroatoms. The quantitative estimate of drug-likeness (QED) is 0.814. The van der Waals surface area contributed by atoms with E-state index in [0.29, 0.717) is 0 Å². The minimum Gasteiger partial charge on any atom is -0.337 e. The molecule has 0 radical (unpaired) electrons. The lowest BCUT2D eigenvalue weighted by Crippen LogP contribution is -2.26. The third-order valence-corrected chi connectivity index (χ3v) is 5.99. The number of hydrogen-bond donors (Lipinski definition) is 0. The van der Waals surface area contributed by atoms with Crippen molar-refractivity contribution in [2.24, 2.45) is 0 Å². The van der Waals surface area contributed by atoms with Crippen LogP contribution in [0, 0.1) is 11.6 Å². The van der Waals surface area contributed by atoms with Crippen LogP contribution >= 0.6 is 0 Å². The molecule has 0 saturated heterocycles. The maximum atomic E-state index is 13.7. The molecule has 0 heterocycles. The van der Waals surface area contributed by atoms with Gasteiger partial charge in [0.1, 0.15) is 11.6 Å². The van der Waals surface area contributed by atoms with Gasteiger partial charge in [0.15, 0.2) is 9.84 Å². The maximum Gasteiger partial charge on any atom is 0.253 e. The number of nitrogens with zero attached hydrogens (tertiary/aromatic N) is 1. The van der Waals surface area contributed by atoms with E-state index in [1.807, 2.05) is 0 Å². The molecule has 0 aliphatic heterocycles. The van der Waals surface area contributed by atoms with Crippen LogP contribution in [-0.4, -0.2) is 31.5 Å². The van der Waals surface area contributed by atoms with Crippen LogP contribution in [0.1, 0.15) is 29.8 Å². The fraction of sp³-hybridized carbons (Fsp3) is 0.278. The lowest BCUT2D eigenvalue weighted by Gasteiger charge is -2.18. The van der Waals surface area contributed by atoms with E-state index in [0.717, 1.165) is 12.1 Å². The highest BCUT2D eigenvalue weighted by Gasteiger charge is 2.20. The first-order valence-electron chi connectivity index (χ1n) is 7.66. The number of benzene rings is 2.